The van der Waals surface area contributed by atoms with E-state index in [2.05, 4.69) is 4.98 Å². The highest BCUT2D eigenvalue weighted by Gasteiger charge is 2.00. The highest BCUT2D eigenvalue weighted by atomic mass is 16.3. The lowest BCUT2D eigenvalue weighted by molar-refractivity contribution is 0.474. The molecule has 1 heterocycles. The van der Waals surface area contributed by atoms with Gasteiger partial charge >= 0.3 is 0 Å². The fourth-order valence-electron chi connectivity index (χ4n) is 1.24. The number of pyridine rings is 1. The van der Waals surface area contributed by atoms with Gasteiger partial charge in [0.2, 0.25) is 0 Å². The highest BCUT2D eigenvalue weighted by molar-refractivity contribution is 5.85. The van der Waals surface area contributed by atoms with Crippen molar-refractivity contribution in [2.45, 2.75) is 0 Å². The smallest absolute Gasteiger partial charge is 0.134 e. The predicted octanol–water partition coefficient (Wildman–Crippen LogP) is 1.81. The van der Waals surface area contributed by atoms with Gasteiger partial charge in [0.1, 0.15) is 5.75 Å². The van der Waals surface area contributed by atoms with E-state index in [1.807, 2.05) is 6.07 Å². The van der Waals surface area contributed by atoms with Crippen molar-refractivity contribution in [2.24, 2.45) is 0 Å². The van der Waals surface area contributed by atoms with E-state index in [0.29, 0.717) is 10.9 Å². The molecule has 0 aliphatic carbocycles. The summed E-state index contributed by atoms with van der Waals surface area (Å²) in [4.78, 5) is 3.99. The van der Waals surface area contributed by atoms with Crippen LogP contribution < -0.4 is 0 Å². The van der Waals surface area contributed by atoms with Crippen molar-refractivity contribution >= 4 is 10.9 Å². The molecule has 2 rings (SSSR count). The van der Waals surface area contributed by atoms with Crippen LogP contribution in [0.2, 0.25) is 0 Å². The molecule has 2 aromatic rings. The van der Waals surface area contributed by atoms with Crippen LogP contribution in [0.4, 0.5) is 0 Å². The third kappa shape index (κ3) is 1.18. The first kappa shape index (κ1) is 7.56. The van der Waals surface area contributed by atoms with Crippen molar-refractivity contribution in [2.75, 3.05) is 0 Å². The summed E-state index contributed by atoms with van der Waals surface area (Å²) in [6.45, 7) is 0. The second-order valence-corrected chi connectivity index (χ2v) is 2.68. The maximum Gasteiger partial charge on any atom is 0.134 e. The molecule has 0 bridgehead atoms. The lowest BCUT2D eigenvalue weighted by atomic mass is 10.1. The van der Waals surface area contributed by atoms with E-state index in [9.17, 15) is 5.11 Å². The topological polar surface area (TPSA) is 56.9 Å². The Bertz CT molecular complexity index is 500. The molecule has 62 valence electrons. The molecule has 0 atom stereocenters. The standard InChI is InChI=1S/C10H6N2O/c11-5-7-2-1-3-10-9(7)4-8(13)6-12-10/h1-4,6,13H. The summed E-state index contributed by atoms with van der Waals surface area (Å²) in [7, 11) is 0. The van der Waals surface area contributed by atoms with Gasteiger partial charge < -0.3 is 5.11 Å². The molecule has 0 amide bonds. The third-order valence-corrected chi connectivity index (χ3v) is 1.83. The number of nitriles is 1. The molecule has 0 aliphatic rings. The van der Waals surface area contributed by atoms with Crippen LogP contribution in [0.1, 0.15) is 5.56 Å². The van der Waals surface area contributed by atoms with Crippen molar-refractivity contribution < 1.29 is 5.11 Å². The first-order valence-corrected chi connectivity index (χ1v) is 3.79. The molecule has 0 spiro atoms. The van der Waals surface area contributed by atoms with Gasteiger partial charge in [0, 0.05) is 5.39 Å². The molecule has 1 aromatic heterocycles. The van der Waals surface area contributed by atoms with Crippen LogP contribution in [0.5, 0.6) is 5.75 Å². The molecule has 0 unspecified atom stereocenters. The van der Waals surface area contributed by atoms with Crippen LogP contribution in [0.15, 0.2) is 30.5 Å². The van der Waals surface area contributed by atoms with Gasteiger partial charge in [-0.25, -0.2) is 0 Å². The largest absolute Gasteiger partial charge is 0.506 e. The van der Waals surface area contributed by atoms with Crippen LogP contribution in [0.25, 0.3) is 10.9 Å². The van der Waals surface area contributed by atoms with Crippen LogP contribution in [-0.2, 0) is 0 Å². The number of nitrogens with zero attached hydrogens (tertiary/aromatic N) is 2. The molecule has 3 heteroatoms. The third-order valence-electron chi connectivity index (χ3n) is 1.83. The average Bonchev–Trinajstić information content (AvgIpc) is 2.17. The molecule has 1 aromatic carbocycles. The van der Waals surface area contributed by atoms with Crippen molar-refractivity contribution in [1.82, 2.24) is 4.98 Å². The number of fused-ring (bicyclic) bond motifs is 1. The summed E-state index contributed by atoms with van der Waals surface area (Å²) >= 11 is 0. The summed E-state index contributed by atoms with van der Waals surface area (Å²) in [6, 6.07) is 8.86. The predicted molar refractivity (Wildman–Crippen MR) is 48.1 cm³/mol. The molecule has 0 aliphatic heterocycles. The molecule has 0 saturated heterocycles. The summed E-state index contributed by atoms with van der Waals surface area (Å²) in [6.07, 6.45) is 1.36. The van der Waals surface area contributed by atoms with Crippen LogP contribution in [0.3, 0.4) is 0 Å². The molecular weight excluding hydrogens is 164 g/mol. The van der Waals surface area contributed by atoms with Gasteiger partial charge in [-0.05, 0) is 18.2 Å². The lowest BCUT2D eigenvalue weighted by Crippen LogP contribution is -1.82. The Labute approximate surface area is 74.9 Å². The molecule has 1 N–H and O–H groups in total. The number of hydrogen-bond acceptors (Lipinski definition) is 3. The summed E-state index contributed by atoms with van der Waals surface area (Å²) in [5.74, 6) is 0.0789. The highest BCUT2D eigenvalue weighted by Crippen LogP contribution is 2.20. The van der Waals surface area contributed by atoms with E-state index in [1.54, 1.807) is 24.3 Å². The Morgan fingerprint density at radius 3 is 3.00 bits per heavy atom. The van der Waals surface area contributed by atoms with E-state index in [0.717, 1.165) is 5.52 Å². The van der Waals surface area contributed by atoms with Gasteiger partial charge in [0.15, 0.2) is 0 Å². The Morgan fingerprint density at radius 2 is 2.23 bits per heavy atom. The fourth-order valence-corrected chi connectivity index (χ4v) is 1.24. The second-order valence-electron chi connectivity index (χ2n) is 2.68. The zero-order valence-electron chi connectivity index (χ0n) is 6.73. The normalized spacial score (nSPS) is 9.77. The SMILES string of the molecule is N#Cc1cccc2ncc(O)cc12. The Hall–Kier alpha value is -2.08. The van der Waals surface area contributed by atoms with E-state index in [4.69, 9.17) is 5.26 Å². The number of aromatic hydroxyl groups is 1. The van der Waals surface area contributed by atoms with E-state index >= 15 is 0 Å². The molecule has 13 heavy (non-hydrogen) atoms. The van der Waals surface area contributed by atoms with Crippen LogP contribution >= 0.6 is 0 Å². The van der Waals surface area contributed by atoms with Gasteiger partial charge in [-0.2, -0.15) is 5.26 Å². The minimum absolute atomic E-state index is 0.0789. The summed E-state index contributed by atoms with van der Waals surface area (Å²) < 4.78 is 0. The minimum Gasteiger partial charge on any atom is -0.506 e. The lowest BCUT2D eigenvalue weighted by Gasteiger charge is -1.98. The molecule has 0 fully saturated rings. The molecule has 0 saturated carbocycles. The molecule has 0 radical (unpaired) electrons. The second kappa shape index (κ2) is 2.76. The Kier molecular flexibility index (Phi) is 1.60. The van der Waals surface area contributed by atoms with Gasteiger partial charge in [-0.1, -0.05) is 6.07 Å². The van der Waals surface area contributed by atoms with Crippen LogP contribution in [0, 0.1) is 11.3 Å². The first-order valence-electron chi connectivity index (χ1n) is 3.79. The zero-order valence-corrected chi connectivity index (χ0v) is 6.73. The summed E-state index contributed by atoms with van der Waals surface area (Å²) in [5, 5.41) is 18.6. The van der Waals surface area contributed by atoms with Crippen molar-refractivity contribution in [3.05, 3.63) is 36.0 Å². The quantitative estimate of drug-likeness (QED) is 0.656. The van der Waals surface area contributed by atoms with Crippen LogP contribution in [-0.4, -0.2) is 10.1 Å². The zero-order chi connectivity index (χ0) is 9.26. The Balaban J connectivity index is 2.89. The number of aromatic nitrogens is 1. The van der Waals surface area contributed by atoms with Gasteiger partial charge in [-0.15, -0.1) is 0 Å². The van der Waals surface area contributed by atoms with Gasteiger partial charge in [0.25, 0.3) is 0 Å². The molecule has 3 nitrogen and oxygen atoms in total. The van der Waals surface area contributed by atoms with E-state index in [-0.39, 0.29) is 5.75 Å². The maximum absolute atomic E-state index is 9.18. The van der Waals surface area contributed by atoms with E-state index in [1.165, 1.54) is 6.20 Å². The van der Waals surface area contributed by atoms with Crippen molar-refractivity contribution in [3.63, 3.8) is 0 Å². The van der Waals surface area contributed by atoms with Crippen molar-refractivity contribution in [3.8, 4) is 11.8 Å². The Morgan fingerprint density at radius 1 is 1.38 bits per heavy atom. The first-order chi connectivity index (χ1) is 6.31. The average molecular weight is 170 g/mol. The minimum atomic E-state index is 0.0789. The van der Waals surface area contributed by atoms with E-state index < -0.39 is 0 Å². The monoisotopic (exact) mass is 170 g/mol. The number of benzene rings is 1. The van der Waals surface area contributed by atoms with Crippen molar-refractivity contribution in [1.29, 1.82) is 5.26 Å². The fraction of sp³-hybridized carbons (Fsp3) is 0. The molecular formula is C10H6N2O. The van der Waals surface area contributed by atoms with Gasteiger partial charge in [-0.3, -0.25) is 4.98 Å². The number of hydrogen-bond donors (Lipinski definition) is 1. The van der Waals surface area contributed by atoms with Gasteiger partial charge in [0.05, 0.1) is 23.3 Å². The summed E-state index contributed by atoms with van der Waals surface area (Å²) in [5.41, 5.74) is 1.25. The maximum atomic E-state index is 9.18. The number of rotatable bonds is 0.